The van der Waals surface area contributed by atoms with E-state index in [2.05, 4.69) is 0 Å². The predicted molar refractivity (Wildman–Crippen MR) is 121 cm³/mol. The summed E-state index contributed by atoms with van der Waals surface area (Å²) in [6, 6.07) is 14.9. The van der Waals surface area contributed by atoms with E-state index in [1.54, 1.807) is 20.8 Å². The summed E-state index contributed by atoms with van der Waals surface area (Å²) in [6.45, 7) is 5.29. The number of fused-ring (bicyclic) bond motifs is 3. The maximum atomic E-state index is 13.2. The van der Waals surface area contributed by atoms with E-state index in [9.17, 15) is 19.5 Å². The van der Waals surface area contributed by atoms with Crippen LogP contribution in [0.5, 0.6) is 0 Å². The second kappa shape index (κ2) is 8.86. The molecule has 0 spiro atoms. The van der Waals surface area contributed by atoms with Gasteiger partial charge in [0.1, 0.15) is 18.2 Å². The molecule has 33 heavy (non-hydrogen) atoms. The van der Waals surface area contributed by atoms with Crippen LogP contribution in [0.25, 0.3) is 11.1 Å². The molecule has 0 radical (unpaired) electrons. The Kier molecular flexibility index (Phi) is 6.12. The minimum Gasteiger partial charge on any atom is -0.480 e. The first-order valence-electron chi connectivity index (χ1n) is 11.0. The molecule has 1 saturated heterocycles. The summed E-state index contributed by atoms with van der Waals surface area (Å²) in [7, 11) is 0. The quantitative estimate of drug-likeness (QED) is 0.722. The lowest BCUT2D eigenvalue weighted by molar-refractivity contribution is -0.147. The van der Waals surface area contributed by atoms with Crippen LogP contribution >= 0.6 is 0 Å². The smallest absolute Gasteiger partial charge is 0.435 e. The number of benzene rings is 2. The van der Waals surface area contributed by atoms with E-state index in [1.165, 1.54) is 5.01 Å². The summed E-state index contributed by atoms with van der Waals surface area (Å²) >= 11 is 0. The topological polar surface area (TPSA) is 96.4 Å². The zero-order valence-electron chi connectivity index (χ0n) is 19.0. The van der Waals surface area contributed by atoms with Crippen LogP contribution in [0.15, 0.2) is 48.5 Å². The second-order valence-electron chi connectivity index (χ2n) is 9.26. The molecule has 2 aliphatic rings. The molecule has 2 aromatic rings. The van der Waals surface area contributed by atoms with Crippen molar-refractivity contribution in [2.75, 3.05) is 13.2 Å². The van der Waals surface area contributed by atoms with Gasteiger partial charge in [0.15, 0.2) is 0 Å². The molecule has 0 aromatic heterocycles. The van der Waals surface area contributed by atoms with Gasteiger partial charge in [0.05, 0.1) is 0 Å². The zero-order chi connectivity index (χ0) is 23.8. The Balaban J connectivity index is 1.57. The molecular weight excluding hydrogens is 424 g/mol. The van der Waals surface area contributed by atoms with Gasteiger partial charge < -0.3 is 14.6 Å². The van der Waals surface area contributed by atoms with E-state index >= 15 is 0 Å². The van der Waals surface area contributed by atoms with Crippen LogP contribution in [0, 0.1) is 0 Å². The molecule has 0 bridgehead atoms. The number of imide groups is 1. The lowest BCUT2D eigenvalue weighted by Crippen LogP contribution is -2.55. The van der Waals surface area contributed by atoms with Crippen molar-refractivity contribution in [3.05, 3.63) is 59.7 Å². The third-order valence-electron chi connectivity index (χ3n) is 5.84. The molecule has 2 amide bonds. The number of hydrogen-bond donors (Lipinski definition) is 1. The number of hydrazine groups is 1. The fourth-order valence-corrected chi connectivity index (χ4v) is 4.49. The number of rotatable bonds is 4. The number of amides is 2. The summed E-state index contributed by atoms with van der Waals surface area (Å²) in [4.78, 5) is 37.8. The average Bonchev–Trinajstić information content (AvgIpc) is 3.34. The highest BCUT2D eigenvalue weighted by molar-refractivity contribution is 5.88. The molecule has 1 aliphatic carbocycles. The van der Waals surface area contributed by atoms with Crippen LogP contribution in [0.1, 0.15) is 50.7 Å². The highest BCUT2D eigenvalue weighted by Gasteiger charge is 2.43. The van der Waals surface area contributed by atoms with Gasteiger partial charge in [0, 0.05) is 12.5 Å². The van der Waals surface area contributed by atoms with Crippen molar-refractivity contribution in [2.45, 2.75) is 51.2 Å². The number of carbonyl (C=O) groups is 3. The van der Waals surface area contributed by atoms with Crippen molar-refractivity contribution in [3.8, 4) is 11.1 Å². The SMILES string of the molecule is CC(C)(C)OC(=O)N(C(=O)OCC1c2ccccc2-c2ccccc21)N1CCC[C@H]1C(=O)O. The number of carboxylic acids is 1. The largest absolute Gasteiger partial charge is 0.480 e. The highest BCUT2D eigenvalue weighted by Crippen LogP contribution is 2.44. The lowest BCUT2D eigenvalue weighted by atomic mass is 9.98. The van der Waals surface area contributed by atoms with E-state index < -0.39 is 29.8 Å². The molecule has 4 rings (SSSR count). The highest BCUT2D eigenvalue weighted by atomic mass is 16.6. The van der Waals surface area contributed by atoms with E-state index in [4.69, 9.17) is 9.47 Å². The monoisotopic (exact) mass is 452 g/mol. The van der Waals surface area contributed by atoms with Gasteiger partial charge in [-0.05, 0) is 55.9 Å². The van der Waals surface area contributed by atoms with Gasteiger partial charge in [0.25, 0.3) is 0 Å². The van der Waals surface area contributed by atoms with Gasteiger partial charge in [-0.25, -0.2) is 9.59 Å². The standard InChI is InChI=1S/C25H28N2O6/c1-25(2,3)33-24(31)27(26-14-8-13-21(26)22(28)29)23(30)32-15-20-18-11-6-4-9-16(18)17-10-5-7-12-19(17)20/h4-7,9-12,20-21H,8,13-15H2,1-3H3,(H,28,29)/t21-/m0/s1. The molecule has 2 aromatic carbocycles. The van der Waals surface area contributed by atoms with Crippen LogP contribution in [-0.4, -0.2) is 58.1 Å². The minimum absolute atomic E-state index is 0.0116. The first-order valence-corrected chi connectivity index (χ1v) is 11.0. The van der Waals surface area contributed by atoms with Gasteiger partial charge in [-0.3, -0.25) is 4.79 Å². The number of hydrogen-bond acceptors (Lipinski definition) is 6. The van der Waals surface area contributed by atoms with E-state index in [0.29, 0.717) is 17.9 Å². The zero-order valence-corrected chi connectivity index (χ0v) is 19.0. The molecule has 8 nitrogen and oxygen atoms in total. The third-order valence-corrected chi connectivity index (χ3v) is 5.84. The van der Waals surface area contributed by atoms with Gasteiger partial charge in [-0.15, -0.1) is 5.01 Å². The Bertz CT molecular complexity index is 1030. The Morgan fingerprint density at radius 2 is 1.58 bits per heavy atom. The molecular formula is C25H28N2O6. The number of carboxylic acid groups (broad SMARTS) is 1. The Morgan fingerprint density at radius 3 is 2.12 bits per heavy atom. The fourth-order valence-electron chi connectivity index (χ4n) is 4.49. The van der Waals surface area contributed by atoms with Gasteiger partial charge in [-0.1, -0.05) is 48.5 Å². The molecule has 8 heteroatoms. The van der Waals surface area contributed by atoms with Crippen molar-refractivity contribution in [3.63, 3.8) is 0 Å². The number of nitrogens with zero attached hydrogens (tertiary/aromatic N) is 2. The summed E-state index contributed by atoms with van der Waals surface area (Å²) in [6.07, 6.45) is -1.04. The van der Waals surface area contributed by atoms with Crippen LogP contribution in [0.3, 0.4) is 0 Å². The molecule has 0 unspecified atom stereocenters. The second-order valence-corrected chi connectivity index (χ2v) is 9.26. The maximum Gasteiger partial charge on any atom is 0.435 e. The van der Waals surface area contributed by atoms with E-state index in [-0.39, 0.29) is 19.1 Å². The van der Waals surface area contributed by atoms with Crippen LogP contribution in [0.4, 0.5) is 9.59 Å². The Hall–Kier alpha value is -3.39. The molecule has 174 valence electrons. The molecule has 0 saturated carbocycles. The molecule has 1 fully saturated rings. The van der Waals surface area contributed by atoms with Gasteiger partial charge in [0.2, 0.25) is 0 Å². The van der Waals surface area contributed by atoms with Crippen LogP contribution < -0.4 is 0 Å². The number of carbonyl (C=O) groups excluding carboxylic acids is 2. The molecule has 1 atom stereocenters. The molecule has 1 aliphatic heterocycles. The lowest BCUT2D eigenvalue weighted by Gasteiger charge is -2.33. The third kappa shape index (κ3) is 4.57. The molecule has 1 heterocycles. The summed E-state index contributed by atoms with van der Waals surface area (Å²) < 4.78 is 11.0. The van der Waals surface area contributed by atoms with E-state index in [0.717, 1.165) is 22.3 Å². The summed E-state index contributed by atoms with van der Waals surface area (Å²) in [5.41, 5.74) is 3.39. The fraction of sp³-hybridized carbons (Fsp3) is 0.400. The first kappa shape index (κ1) is 22.8. The Morgan fingerprint density at radius 1 is 1.00 bits per heavy atom. The summed E-state index contributed by atoms with van der Waals surface area (Å²) in [5, 5.41) is 11.5. The van der Waals surface area contributed by atoms with Crippen molar-refractivity contribution >= 4 is 18.2 Å². The van der Waals surface area contributed by atoms with Crippen molar-refractivity contribution in [1.82, 2.24) is 10.0 Å². The van der Waals surface area contributed by atoms with E-state index in [1.807, 2.05) is 48.5 Å². The first-order chi connectivity index (χ1) is 15.7. The van der Waals surface area contributed by atoms with Gasteiger partial charge >= 0.3 is 18.2 Å². The number of aliphatic carboxylic acids is 1. The summed E-state index contributed by atoms with van der Waals surface area (Å²) in [5.74, 6) is -1.29. The predicted octanol–water partition coefficient (Wildman–Crippen LogP) is 4.64. The number of ether oxygens (including phenoxy) is 2. The average molecular weight is 453 g/mol. The van der Waals surface area contributed by atoms with Gasteiger partial charge in [-0.2, -0.15) is 5.01 Å². The van der Waals surface area contributed by atoms with Crippen molar-refractivity contribution < 1.29 is 29.0 Å². The van der Waals surface area contributed by atoms with Crippen molar-refractivity contribution in [1.29, 1.82) is 0 Å². The van der Waals surface area contributed by atoms with Crippen LogP contribution in [0.2, 0.25) is 0 Å². The van der Waals surface area contributed by atoms with Crippen molar-refractivity contribution in [2.24, 2.45) is 0 Å². The maximum absolute atomic E-state index is 13.2. The van der Waals surface area contributed by atoms with Crippen LogP contribution in [-0.2, 0) is 14.3 Å². The minimum atomic E-state index is -1.10. The Labute approximate surface area is 192 Å². The normalized spacial score (nSPS) is 17.8. The molecule has 1 N–H and O–H groups in total.